The Morgan fingerprint density at radius 1 is 1.20 bits per heavy atom. The van der Waals surface area contributed by atoms with Crippen LogP contribution in [0.5, 0.6) is 0 Å². The van der Waals surface area contributed by atoms with Crippen molar-refractivity contribution in [3.63, 3.8) is 0 Å². The SMILES string of the molecule is NCc1ccc(N2C(=O)COCC2=O)c(C(F)(F)F)c1. The van der Waals surface area contributed by atoms with Gasteiger partial charge in [-0.15, -0.1) is 0 Å². The number of nitrogens with two attached hydrogens (primary N) is 1. The Balaban J connectivity index is 2.55. The van der Waals surface area contributed by atoms with Crippen LogP contribution >= 0.6 is 0 Å². The molecule has 0 atom stereocenters. The average Bonchev–Trinajstić information content (AvgIpc) is 2.37. The van der Waals surface area contributed by atoms with E-state index in [2.05, 4.69) is 4.74 Å². The van der Waals surface area contributed by atoms with Gasteiger partial charge in [0.1, 0.15) is 13.2 Å². The molecule has 5 nitrogen and oxygen atoms in total. The summed E-state index contributed by atoms with van der Waals surface area (Å²) >= 11 is 0. The molecule has 2 N–H and O–H groups in total. The zero-order valence-electron chi connectivity index (χ0n) is 10.2. The Morgan fingerprint density at radius 2 is 1.80 bits per heavy atom. The highest BCUT2D eigenvalue weighted by Crippen LogP contribution is 2.37. The number of carbonyl (C=O) groups is 2. The normalized spacial score (nSPS) is 16.7. The topological polar surface area (TPSA) is 72.6 Å². The lowest BCUT2D eigenvalue weighted by atomic mass is 10.1. The lowest BCUT2D eigenvalue weighted by Gasteiger charge is -2.27. The van der Waals surface area contributed by atoms with E-state index in [1.807, 2.05) is 0 Å². The monoisotopic (exact) mass is 288 g/mol. The van der Waals surface area contributed by atoms with Gasteiger partial charge in [-0.25, -0.2) is 4.90 Å². The summed E-state index contributed by atoms with van der Waals surface area (Å²) in [7, 11) is 0. The summed E-state index contributed by atoms with van der Waals surface area (Å²) in [5.74, 6) is -1.65. The van der Waals surface area contributed by atoms with Gasteiger partial charge in [0.25, 0.3) is 11.8 Å². The molecule has 108 valence electrons. The molecular formula is C12H11F3N2O3. The fourth-order valence-electron chi connectivity index (χ4n) is 1.89. The molecule has 0 aliphatic carbocycles. The van der Waals surface area contributed by atoms with Crippen LogP contribution in [0.1, 0.15) is 11.1 Å². The van der Waals surface area contributed by atoms with E-state index in [0.29, 0.717) is 4.90 Å². The van der Waals surface area contributed by atoms with E-state index in [-0.39, 0.29) is 12.1 Å². The lowest BCUT2D eigenvalue weighted by Crippen LogP contribution is -2.47. The Morgan fingerprint density at radius 3 is 2.30 bits per heavy atom. The van der Waals surface area contributed by atoms with Crippen molar-refractivity contribution in [1.82, 2.24) is 0 Å². The summed E-state index contributed by atoms with van der Waals surface area (Å²) in [5.41, 5.74) is 4.01. The van der Waals surface area contributed by atoms with Crippen molar-refractivity contribution in [3.05, 3.63) is 29.3 Å². The number of amides is 2. The Hall–Kier alpha value is -1.93. The molecule has 0 aromatic heterocycles. The summed E-state index contributed by atoms with van der Waals surface area (Å²) in [4.78, 5) is 23.8. The third-order valence-corrected chi connectivity index (χ3v) is 2.79. The van der Waals surface area contributed by atoms with Gasteiger partial charge in [0.2, 0.25) is 0 Å². The molecule has 1 saturated heterocycles. The molecule has 0 unspecified atom stereocenters. The molecule has 0 radical (unpaired) electrons. The van der Waals surface area contributed by atoms with Crippen LogP contribution in [0.3, 0.4) is 0 Å². The zero-order chi connectivity index (χ0) is 14.9. The number of anilines is 1. The summed E-state index contributed by atoms with van der Waals surface area (Å²) in [6.07, 6.45) is -4.70. The van der Waals surface area contributed by atoms with E-state index >= 15 is 0 Å². The molecule has 20 heavy (non-hydrogen) atoms. The molecular weight excluding hydrogens is 277 g/mol. The number of nitrogens with zero attached hydrogens (tertiary/aromatic N) is 1. The Labute approximate surface area is 112 Å². The standard InChI is InChI=1S/C12H11F3N2O3/c13-12(14,15)8-3-7(4-16)1-2-9(8)17-10(18)5-20-6-11(17)19/h1-3H,4-6,16H2. The molecule has 1 heterocycles. The van der Waals surface area contributed by atoms with E-state index < -0.39 is 42.5 Å². The van der Waals surface area contributed by atoms with Crippen LogP contribution in [-0.4, -0.2) is 25.0 Å². The number of rotatable bonds is 2. The second-order valence-electron chi connectivity index (χ2n) is 4.17. The quantitative estimate of drug-likeness (QED) is 0.826. The molecule has 2 amide bonds. The first-order valence-corrected chi connectivity index (χ1v) is 5.68. The average molecular weight is 288 g/mol. The molecule has 1 fully saturated rings. The van der Waals surface area contributed by atoms with Gasteiger partial charge in [-0.1, -0.05) is 6.07 Å². The molecule has 1 aliphatic heterocycles. The van der Waals surface area contributed by atoms with Crippen molar-refractivity contribution in [2.24, 2.45) is 5.73 Å². The number of hydrogen-bond donors (Lipinski definition) is 1. The number of ether oxygens (including phenoxy) is 1. The first-order chi connectivity index (χ1) is 9.34. The molecule has 0 bridgehead atoms. The first-order valence-electron chi connectivity index (χ1n) is 5.68. The third kappa shape index (κ3) is 2.66. The van der Waals surface area contributed by atoms with Gasteiger partial charge in [0.05, 0.1) is 11.3 Å². The van der Waals surface area contributed by atoms with Gasteiger partial charge in [-0.2, -0.15) is 13.2 Å². The smallest absolute Gasteiger partial charge is 0.362 e. The number of benzene rings is 1. The van der Waals surface area contributed by atoms with Gasteiger partial charge in [0.15, 0.2) is 0 Å². The number of halogens is 3. The van der Waals surface area contributed by atoms with Crippen LogP contribution in [0, 0.1) is 0 Å². The third-order valence-electron chi connectivity index (χ3n) is 2.79. The maximum atomic E-state index is 13.1. The minimum absolute atomic E-state index is 0.0750. The van der Waals surface area contributed by atoms with E-state index in [1.165, 1.54) is 6.07 Å². The van der Waals surface area contributed by atoms with E-state index in [4.69, 9.17) is 5.73 Å². The van der Waals surface area contributed by atoms with E-state index in [0.717, 1.165) is 12.1 Å². The highest BCUT2D eigenvalue weighted by Gasteiger charge is 2.39. The van der Waals surface area contributed by atoms with Crippen LogP contribution in [0.25, 0.3) is 0 Å². The summed E-state index contributed by atoms with van der Waals surface area (Å²) in [6.45, 7) is -0.933. The van der Waals surface area contributed by atoms with Crippen molar-refractivity contribution >= 4 is 17.5 Å². The lowest BCUT2D eigenvalue weighted by molar-refractivity contribution is -0.140. The van der Waals surface area contributed by atoms with Crippen LogP contribution in [0.2, 0.25) is 0 Å². The fraction of sp³-hybridized carbons (Fsp3) is 0.333. The second kappa shape index (κ2) is 5.22. The van der Waals surface area contributed by atoms with Crippen LogP contribution in [0.15, 0.2) is 18.2 Å². The van der Waals surface area contributed by atoms with E-state index in [1.54, 1.807) is 0 Å². The number of morpholine rings is 1. The van der Waals surface area contributed by atoms with Gasteiger partial charge in [0, 0.05) is 6.54 Å². The molecule has 0 spiro atoms. The number of carbonyl (C=O) groups excluding carboxylic acids is 2. The van der Waals surface area contributed by atoms with Crippen LogP contribution in [0.4, 0.5) is 18.9 Å². The van der Waals surface area contributed by atoms with Gasteiger partial charge < -0.3 is 10.5 Å². The molecule has 8 heteroatoms. The highest BCUT2D eigenvalue weighted by atomic mass is 19.4. The molecule has 1 aromatic rings. The summed E-state index contributed by atoms with van der Waals surface area (Å²) < 4.78 is 43.8. The van der Waals surface area contributed by atoms with Crippen molar-refractivity contribution in [1.29, 1.82) is 0 Å². The van der Waals surface area contributed by atoms with Crippen molar-refractivity contribution < 1.29 is 27.5 Å². The molecule has 1 aliphatic rings. The predicted molar refractivity (Wildman–Crippen MR) is 62.6 cm³/mol. The second-order valence-corrected chi connectivity index (χ2v) is 4.17. The summed E-state index contributed by atoms with van der Waals surface area (Å²) in [5, 5.41) is 0. The van der Waals surface area contributed by atoms with E-state index in [9.17, 15) is 22.8 Å². The predicted octanol–water partition coefficient (Wildman–Crippen LogP) is 1.05. The maximum absolute atomic E-state index is 13.1. The zero-order valence-corrected chi connectivity index (χ0v) is 10.2. The van der Waals surface area contributed by atoms with Gasteiger partial charge >= 0.3 is 6.18 Å². The molecule has 1 aromatic carbocycles. The highest BCUT2D eigenvalue weighted by molar-refractivity contribution is 6.17. The minimum Gasteiger partial charge on any atom is -0.362 e. The maximum Gasteiger partial charge on any atom is 0.418 e. The van der Waals surface area contributed by atoms with Crippen molar-refractivity contribution in [2.75, 3.05) is 18.1 Å². The Bertz CT molecular complexity index is 541. The summed E-state index contributed by atoms with van der Waals surface area (Å²) in [6, 6.07) is 3.26. The molecule has 0 saturated carbocycles. The first kappa shape index (κ1) is 14.5. The molecule has 2 rings (SSSR count). The Kier molecular flexibility index (Phi) is 3.78. The number of imide groups is 1. The number of hydrogen-bond acceptors (Lipinski definition) is 4. The van der Waals surface area contributed by atoms with Gasteiger partial charge in [-0.3, -0.25) is 9.59 Å². The van der Waals surface area contributed by atoms with Crippen molar-refractivity contribution in [3.8, 4) is 0 Å². The largest absolute Gasteiger partial charge is 0.418 e. The fourth-order valence-corrected chi connectivity index (χ4v) is 1.89. The van der Waals surface area contributed by atoms with Crippen molar-refractivity contribution in [2.45, 2.75) is 12.7 Å². The minimum atomic E-state index is -4.70. The van der Waals surface area contributed by atoms with Crippen LogP contribution < -0.4 is 10.6 Å². The van der Waals surface area contributed by atoms with Gasteiger partial charge in [-0.05, 0) is 17.7 Å². The van der Waals surface area contributed by atoms with Crippen LogP contribution in [-0.2, 0) is 27.0 Å². The number of alkyl halides is 3.